The number of aryl methyl sites for hydroxylation is 3. The van der Waals surface area contributed by atoms with Crippen molar-refractivity contribution in [2.75, 3.05) is 12.4 Å². The Labute approximate surface area is 108 Å². The molecule has 0 aliphatic heterocycles. The molecule has 3 nitrogen and oxygen atoms in total. The molecule has 94 valence electrons. The van der Waals surface area contributed by atoms with Gasteiger partial charge in [0.15, 0.2) is 5.82 Å². The van der Waals surface area contributed by atoms with E-state index >= 15 is 0 Å². The minimum absolute atomic E-state index is 0.795. The summed E-state index contributed by atoms with van der Waals surface area (Å²) in [5.41, 5.74) is 5.65. The second-order valence-corrected chi connectivity index (χ2v) is 4.67. The predicted octanol–water partition coefficient (Wildman–Crippen LogP) is 3.42. The van der Waals surface area contributed by atoms with Crippen LogP contribution in [0.2, 0.25) is 0 Å². The molecule has 3 heteroatoms. The molecule has 0 amide bonds. The molecule has 0 spiro atoms. The van der Waals surface area contributed by atoms with Crippen LogP contribution in [0.25, 0.3) is 11.4 Å². The third kappa shape index (κ3) is 2.21. The van der Waals surface area contributed by atoms with Crippen LogP contribution in [0.15, 0.2) is 18.2 Å². The van der Waals surface area contributed by atoms with Gasteiger partial charge in [-0.2, -0.15) is 0 Å². The number of hydrogen-bond donors (Lipinski definition) is 1. The van der Waals surface area contributed by atoms with Gasteiger partial charge in [0.1, 0.15) is 5.82 Å². The average molecular weight is 241 g/mol. The zero-order chi connectivity index (χ0) is 13.3. The van der Waals surface area contributed by atoms with Crippen LogP contribution in [0.3, 0.4) is 0 Å². The SMILES string of the molecule is CNc1nc(-c2cc(C)ccc2C)nc(C)c1C. The molecule has 2 aromatic rings. The summed E-state index contributed by atoms with van der Waals surface area (Å²) in [5, 5.41) is 3.13. The van der Waals surface area contributed by atoms with Crippen LogP contribution in [0.5, 0.6) is 0 Å². The van der Waals surface area contributed by atoms with E-state index in [4.69, 9.17) is 0 Å². The van der Waals surface area contributed by atoms with Crippen molar-refractivity contribution in [3.05, 3.63) is 40.6 Å². The van der Waals surface area contributed by atoms with Crippen molar-refractivity contribution >= 4 is 5.82 Å². The highest BCUT2D eigenvalue weighted by molar-refractivity contribution is 5.64. The maximum Gasteiger partial charge on any atom is 0.162 e. The van der Waals surface area contributed by atoms with Crippen molar-refractivity contribution < 1.29 is 0 Å². The number of aromatic nitrogens is 2. The normalized spacial score (nSPS) is 10.5. The van der Waals surface area contributed by atoms with Gasteiger partial charge in [0.05, 0.1) is 0 Å². The Bertz CT molecular complexity index is 589. The van der Waals surface area contributed by atoms with E-state index in [1.807, 2.05) is 20.9 Å². The van der Waals surface area contributed by atoms with Gasteiger partial charge in [-0.15, -0.1) is 0 Å². The van der Waals surface area contributed by atoms with Crippen LogP contribution >= 0.6 is 0 Å². The Morgan fingerprint density at radius 1 is 1.00 bits per heavy atom. The first-order chi connectivity index (χ1) is 8.52. The van der Waals surface area contributed by atoms with Crippen LogP contribution in [-0.4, -0.2) is 17.0 Å². The highest BCUT2D eigenvalue weighted by atomic mass is 15.0. The van der Waals surface area contributed by atoms with Gasteiger partial charge >= 0.3 is 0 Å². The minimum Gasteiger partial charge on any atom is -0.373 e. The van der Waals surface area contributed by atoms with Crippen molar-refractivity contribution in [3.8, 4) is 11.4 Å². The van der Waals surface area contributed by atoms with Crippen LogP contribution in [-0.2, 0) is 0 Å². The first-order valence-corrected chi connectivity index (χ1v) is 6.13. The summed E-state index contributed by atoms with van der Waals surface area (Å²) in [7, 11) is 1.89. The summed E-state index contributed by atoms with van der Waals surface area (Å²) < 4.78 is 0. The third-order valence-corrected chi connectivity index (χ3v) is 3.26. The molecule has 1 N–H and O–H groups in total. The second kappa shape index (κ2) is 4.77. The van der Waals surface area contributed by atoms with E-state index in [-0.39, 0.29) is 0 Å². The lowest BCUT2D eigenvalue weighted by Crippen LogP contribution is -2.03. The molecule has 0 aliphatic carbocycles. The monoisotopic (exact) mass is 241 g/mol. The fraction of sp³-hybridized carbons (Fsp3) is 0.333. The summed E-state index contributed by atoms with van der Waals surface area (Å²) in [4.78, 5) is 9.20. The summed E-state index contributed by atoms with van der Waals surface area (Å²) >= 11 is 0. The summed E-state index contributed by atoms with van der Waals surface area (Å²) in [6.45, 7) is 8.23. The standard InChI is InChI=1S/C15H19N3/c1-9-6-7-10(2)13(8-9)15-17-12(4)11(3)14(16-5)18-15/h6-8H,1-5H3,(H,16,17,18). The second-order valence-electron chi connectivity index (χ2n) is 4.67. The number of benzene rings is 1. The molecule has 0 fully saturated rings. The molecule has 0 aliphatic rings. The molecular weight excluding hydrogens is 222 g/mol. The van der Waals surface area contributed by atoms with Gasteiger partial charge in [0.25, 0.3) is 0 Å². The van der Waals surface area contributed by atoms with Crippen LogP contribution in [0.1, 0.15) is 22.4 Å². The zero-order valence-corrected chi connectivity index (χ0v) is 11.6. The van der Waals surface area contributed by atoms with Gasteiger partial charge in [-0.1, -0.05) is 17.7 Å². The Hall–Kier alpha value is -1.90. The quantitative estimate of drug-likeness (QED) is 0.875. The summed E-state index contributed by atoms with van der Waals surface area (Å²) in [6, 6.07) is 6.36. The molecule has 2 rings (SSSR count). The van der Waals surface area contributed by atoms with Gasteiger partial charge in [-0.05, 0) is 39.3 Å². The average Bonchev–Trinajstić information content (AvgIpc) is 2.35. The third-order valence-electron chi connectivity index (χ3n) is 3.26. The fourth-order valence-corrected chi connectivity index (χ4v) is 1.97. The van der Waals surface area contributed by atoms with Crippen molar-refractivity contribution in [1.82, 2.24) is 9.97 Å². The molecular formula is C15H19N3. The van der Waals surface area contributed by atoms with E-state index in [1.165, 1.54) is 11.1 Å². The van der Waals surface area contributed by atoms with Gasteiger partial charge in [-0.25, -0.2) is 9.97 Å². The Morgan fingerprint density at radius 3 is 2.39 bits per heavy atom. The van der Waals surface area contributed by atoms with E-state index in [1.54, 1.807) is 0 Å². The fourth-order valence-electron chi connectivity index (χ4n) is 1.97. The molecule has 0 radical (unpaired) electrons. The number of rotatable bonds is 2. The molecule has 1 aromatic carbocycles. The molecule has 0 bridgehead atoms. The lowest BCUT2D eigenvalue weighted by molar-refractivity contribution is 1.06. The van der Waals surface area contributed by atoms with E-state index in [2.05, 4.69) is 47.3 Å². The number of hydrogen-bond acceptors (Lipinski definition) is 3. The van der Waals surface area contributed by atoms with E-state index in [0.717, 1.165) is 28.5 Å². The summed E-state index contributed by atoms with van der Waals surface area (Å²) in [6.07, 6.45) is 0. The lowest BCUT2D eigenvalue weighted by atomic mass is 10.0. The highest BCUT2D eigenvalue weighted by Gasteiger charge is 2.10. The van der Waals surface area contributed by atoms with E-state index in [0.29, 0.717) is 0 Å². The number of nitrogens with zero attached hydrogens (tertiary/aromatic N) is 2. The Kier molecular flexibility index (Phi) is 3.32. The van der Waals surface area contributed by atoms with Gasteiger partial charge < -0.3 is 5.32 Å². The Morgan fingerprint density at radius 2 is 1.72 bits per heavy atom. The van der Waals surface area contributed by atoms with E-state index in [9.17, 15) is 0 Å². The minimum atomic E-state index is 0.795. The van der Waals surface area contributed by atoms with Gasteiger partial charge in [-0.3, -0.25) is 0 Å². The maximum absolute atomic E-state index is 4.60. The topological polar surface area (TPSA) is 37.8 Å². The predicted molar refractivity (Wildman–Crippen MR) is 76.0 cm³/mol. The first kappa shape index (κ1) is 12.6. The highest BCUT2D eigenvalue weighted by Crippen LogP contribution is 2.24. The molecule has 0 atom stereocenters. The van der Waals surface area contributed by atoms with Crippen molar-refractivity contribution in [3.63, 3.8) is 0 Å². The molecule has 0 unspecified atom stereocenters. The van der Waals surface area contributed by atoms with Gasteiger partial charge in [0.2, 0.25) is 0 Å². The molecule has 18 heavy (non-hydrogen) atoms. The maximum atomic E-state index is 4.60. The Balaban J connectivity index is 2.64. The van der Waals surface area contributed by atoms with Gasteiger partial charge in [0, 0.05) is 23.9 Å². The zero-order valence-electron chi connectivity index (χ0n) is 11.6. The molecule has 0 saturated heterocycles. The van der Waals surface area contributed by atoms with Crippen LogP contribution < -0.4 is 5.32 Å². The molecule has 1 heterocycles. The van der Waals surface area contributed by atoms with Crippen LogP contribution in [0, 0.1) is 27.7 Å². The van der Waals surface area contributed by atoms with Crippen molar-refractivity contribution in [2.45, 2.75) is 27.7 Å². The lowest BCUT2D eigenvalue weighted by Gasteiger charge is -2.11. The summed E-state index contributed by atoms with van der Waals surface area (Å²) in [5.74, 6) is 1.70. The smallest absolute Gasteiger partial charge is 0.162 e. The first-order valence-electron chi connectivity index (χ1n) is 6.13. The van der Waals surface area contributed by atoms with Crippen LogP contribution in [0.4, 0.5) is 5.82 Å². The van der Waals surface area contributed by atoms with Crippen molar-refractivity contribution in [2.24, 2.45) is 0 Å². The molecule has 1 aromatic heterocycles. The van der Waals surface area contributed by atoms with E-state index < -0.39 is 0 Å². The van der Waals surface area contributed by atoms with Crippen molar-refractivity contribution in [1.29, 1.82) is 0 Å². The molecule has 0 saturated carbocycles. The number of nitrogens with one attached hydrogen (secondary N) is 1. The number of anilines is 1. The largest absolute Gasteiger partial charge is 0.373 e.